The zero-order chi connectivity index (χ0) is 11.8. The van der Waals surface area contributed by atoms with Crippen LogP contribution in [0.2, 0.25) is 0 Å². The Morgan fingerprint density at radius 3 is 2.94 bits per heavy atom. The lowest BCUT2D eigenvalue weighted by atomic mass is 10.0. The number of hydrogen-bond donors (Lipinski definition) is 1. The van der Waals surface area contributed by atoms with Crippen LogP contribution in [0.1, 0.15) is 38.3 Å². The van der Waals surface area contributed by atoms with Crippen LogP contribution in [0.25, 0.3) is 0 Å². The molecule has 1 aromatic carbocycles. The maximum absolute atomic E-state index is 6.08. The number of rotatable bonds is 5. The fourth-order valence-electron chi connectivity index (χ4n) is 1.52. The van der Waals surface area contributed by atoms with Gasteiger partial charge in [-0.05, 0) is 38.0 Å². The van der Waals surface area contributed by atoms with E-state index in [-0.39, 0.29) is 6.04 Å². The highest BCUT2D eigenvalue weighted by Crippen LogP contribution is 2.20. The van der Waals surface area contributed by atoms with Crippen LogP contribution >= 0.6 is 0 Å². The molecule has 0 aliphatic carbocycles. The predicted molar refractivity (Wildman–Crippen MR) is 67.2 cm³/mol. The molecule has 1 rings (SSSR count). The minimum atomic E-state index is 0.0428. The molecule has 0 fully saturated rings. The lowest BCUT2D eigenvalue weighted by molar-refractivity contribution is 0.339. The van der Waals surface area contributed by atoms with Crippen LogP contribution in [0.4, 0.5) is 0 Å². The molecule has 0 aromatic heterocycles. The van der Waals surface area contributed by atoms with Crippen LogP contribution < -0.4 is 10.5 Å². The van der Waals surface area contributed by atoms with E-state index in [0.717, 1.165) is 24.2 Å². The van der Waals surface area contributed by atoms with Crippen molar-refractivity contribution in [2.24, 2.45) is 5.73 Å². The predicted octanol–water partition coefficient (Wildman–Crippen LogP) is 2.89. The molecule has 2 heteroatoms. The maximum atomic E-state index is 6.08. The molecular formula is C14H19NO. The van der Waals surface area contributed by atoms with E-state index in [1.165, 1.54) is 0 Å². The molecule has 2 nitrogen and oxygen atoms in total. The van der Waals surface area contributed by atoms with Gasteiger partial charge in [-0.15, -0.1) is 11.8 Å². The maximum Gasteiger partial charge on any atom is 0.119 e. The normalized spacial score (nSPS) is 11.4. The molecule has 0 saturated heterocycles. The van der Waals surface area contributed by atoms with E-state index in [1.54, 1.807) is 0 Å². The van der Waals surface area contributed by atoms with Crippen LogP contribution in [0.3, 0.4) is 0 Å². The third-order valence-electron chi connectivity index (χ3n) is 2.35. The molecule has 0 aliphatic heterocycles. The molecule has 0 bridgehead atoms. The second-order valence-electron chi connectivity index (χ2n) is 3.58. The van der Waals surface area contributed by atoms with Gasteiger partial charge >= 0.3 is 0 Å². The van der Waals surface area contributed by atoms with Crippen LogP contribution in [-0.2, 0) is 0 Å². The molecule has 0 saturated carbocycles. The van der Waals surface area contributed by atoms with Crippen molar-refractivity contribution in [3.05, 3.63) is 29.8 Å². The van der Waals surface area contributed by atoms with Gasteiger partial charge in [-0.25, -0.2) is 0 Å². The van der Waals surface area contributed by atoms with E-state index < -0.39 is 0 Å². The Balaban J connectivity index is 2.62. The zero-order valence-corrected chi connectivity index (χ0v) is 9.99. The van der Waals surface area contributed by atoms with Gasteiger partial charge in [0.25, 0.3) is 0 Å². The van der Waals surface area contributed by atoms with Crippen LogP contribution in [0, 0.1) is 11.8 Å². The van der Waals surface area contributed by atoms with Crippen molar-refractivity contribution in [2.45, 2.75) is 32.7 Å². The molecule has 86 valence electrons. The third kappa shape index (κ3) is 3.96. The highest BCUT2D eigenvalue weighted by molar-refractivity contribution is 5.30. The summed E-state index contributed by atoms with van der Waals surface area (Å²) in [5.41, 5.74) is 7.19. The Morgan fingerprint density at radius 1 is 1.44 bits per heavy atom. The van der Waals surface area contributed by atoms with E-state index in [0.29, 0.717) is 6.61 Å². The molecule has 0 spiro atoms. The van der Waals surface area contributed by atoms with Crippen molar-refractivity contribution in [1.29, 1.82) is 0 Å². The number of ether oxygens (including phenoxy) is 1. The Hall–Kier alpha value is -1.46. The second-order valence-corrected chi connectivity index (χ2v) is 3.58. The fourth-order valence-corrected chi connectivity index (χ4v) is 1.52. The summed E-state index contributed by atoms with van der Waals surface area (Å²) in [6, 6.07) is 8.01. The summed E-state index contributed by atoms with van der Waals surface area (Å²) in [4.78, 5) is 0. The summed E-state index contributed by atoms with van der Waals surface area (Å²) >= 11 is 0. The third-order valence-corrected chi connectivity index (χ3v) is 2.35. The molecule has 2 N–H and O–H groups in total. The first-order chi connectivity index (χ1) is 7.77. The Bertz CT molecular complexity index is 376. The lowest BCUT2D eigenvalue weighted by Crippen LogP contribution is -2.09. The summed E-state index contributed by atoms with van der Waals surface area (Å²) in [6.07, 6.45) is 1.73. The smallest absolute Gasteiger partial charge is 0.119 e. The monoisotopic (exact) mass is 217 g/mol. The Morgan fingerprint density at radius 2 is 2.25 bits per heavy atom. The van der Waals surface area contributed by atoms with Gasteiger partial charge in [-0.2, -0.15) is 0 Å². The van der Waals surface area contributed by atoms with Gasteiger partial charge in [0.2, 0.25) is 0 Å². The number of benzene rings is 1. The SMILES string of the molecule is CC#CCCC(N)c1cccc(OCC)c1. The van der Waals surface area contributed by atoms with Gasteiger partial charge in [0.1, 0.15) is 5.75 Å². The average Bonchev–Trinajstić information content (AvgIpc) is 2.30. The van der Waals surface area contributed by atoms with Gasteiger partial charge in [-0.3, -0.25) is 0 Å². The van der Waals surface area contributed by atoms with Crippen molar-refractivity contribution in [2.75, 3.05) is 6.61 Å². The first-order valence-electron chi connectivity index (χ1n) is 5.66. The summed E-state index contributed by atoms with van der Waals surface area (Å²) in [5, 5.41) is 0. The van der Waals surface area contributed by atoms with E-state index in [9.17, 15) is 0 Å². The number of nitrogens with two attached hydrogens (primary N) is 1. The van der Waals surface area contributed by atoms with Crippen molar-refractivity contribution >= 4 is 0 Å². The standard InChI is InChI=1S/C14H19NO/c1-3-5-6-10-14(15)12-8-7-9-13(11-12)16-4-2/h7-9,11,14H,4,6,10,15H2,1-2H3. The summed E-state index contributed by atoms with van der Waals surface area (Å²) in [7, 11) is 0. The molecule has 1 atom stereocenters. The van der Waals surface area contributed by atoms with Crippen molar-refractivity contribution < 1.29 is 4.74 Å². The van der Waals surface area contributed by atoms with Crippen LogP contribution in [0.15, 0.2) is 24.3 Å². The van der Waals surface area contributed by atoms with Gasteiger partial charge in [0.05, 0.1) is 6.61 Å². The highest BCUT2D eigenvalue weighted by Gasteiger charge is 2.05. The molecule has 1 aromatic rings. The molecule has 0 aliphatic rings. The molecule has 1 unspecified atom stereocenters. The fraction of sp³-hybridized carbons (Fsp3) is 0.429. The van der Waals surface area contributed by atoms with Crippen molar-refractivity contribution in [1.82, 2.24) is 0 Å². The minimum absolute atomic E-state index is 0.0428. The molecule has 0 heterocycles. The van der Waals surface area contributed by atoms with Gasteiger partial charge in [0.15, 0.2) is 0 Å². The largest absolute Gasteiger partial charge is 0.494 e. The Kier molecular flexibility index (Phi) is 5.45. The van der Waals surface area contributed by atoms with Gasteiger partial charge in [-0.1, -0.05) is 12.1 Å². The first-order valence-corrected chi connectivity index (χ1v) is 5.66. The molecule has 0 radical (unpaired) electrons. The van der Waals surface area contributed by atoms with Gasteiger partial charge < -0.3 is 10.5 Å². The summed E-state index contributed by atoms with van der Waals surface area (Å²) < 4.78 is 5.44. The molecular weight excluding hydrogens is 198 g/mol. The summed E-state index contributed by atoms with van der Waals surface area (Å²) in [5.74, 6) is 6.79. The van der Waals surface area contributed by atoms with Gasteiger partial charge in [0, 0.05) is 12.5 Å². The highest BCUT2D eigenvalue weighted by atomic mass is 16.5. The minimum Gasteiger partial charge on any atom is -0.494 e. The summed E-state index contributed by atoms with van der Waals surface area (Å²) in [6.45, 7) is 4.50. The van der Waals surface area contributed by atoms with Crippen molar-refractivity contribution in [3.63, 3.8) is 0 Å². The molecule has 16 heavy (non-hydrogen) atoms. The van der Waals surface area contributed by atoms with Crippen molar-refractivity contribution in [3.8, 4) is 17.6 Å². The van der Waals surface area contributed by atoms with E-state index >= 15 is 0 Å². The topological polar surface area (TPSA) is 35.2 Å². The van der Waals surface area contributed by atoms with Crippen LogP contribution in [0.5, 0.6) is 5.75 Å². The molecule has 0 amide bonds. The van der Waals surface area contributed by atoms with E-state index in [2.05, 4.69) is 11.8 Å². The first kappa shape index (κ1) is 12.6. The number of hydrogen-bond acceptors (Lipinski definition) is 2. The average molecular weight is 217 g/mol. The quantitative estimate of drug-likeness (QED) is 0.770. The van der Waals surface area contributed by atoms with E-state index in [1.807, 2.05) is 38.1 Å². The second kappa shape index (κ2) is 6.92. The Labute approximate surface area is 97.8 Å². The lowest BCUT2D eigenvalue weighted by Gasteiger charge is -2.12. The zero-order valence-electron chi connectivity index (χ0n) is 9.99. The van der Waals surface area contributed by atoms with E-state index in [4.69, 9.17) is 10.5 Å². The van der Waals surface area contributed by atoms with Crippen LogP contribution in [-0.4, -0.2) is 6.61 Å².